The van der Waals surface area contributed by atoms with E-state index in [1.165, 1.54) is 12.1 Å². The molecule has 26 heavy (non-hydrogen) atoms. The summed E-state index contributed by atoms with van der Waals surface area (Å²) in [5.41, 5.74) is 4.88. The molecule has 0 unspecified atom stereocenters. The first kappa shape index (κ1) is 16.2. The number of H-pyrrole nitrogens is 1. The molecule has 0 atom stereocenters. The van der Waals surface area contributed by atoms with Crippen LogP contribution in [-0.4, -0.2) is 36.4 Å². The quantitative estimate of drug-likeness (QED) is 0.580. The van der Waals surface area contributed by atoms with Crippen LogP contribution in [0.4, 0.5) is 4.39 Å². The highest BCUT2D eigenvalue weighted by atomic mass is 19.1. The first-order valence-electron chi connectivity index (χ1n) is 8.14. The standard InChI is InChI=1S/C19H16FN5O/c20-15-3-1-14(2-4-15)18-17(13-5-7-21-8-6-13)19(16-11-22-12-23-16)25(24-18)9-10-26/h1-8,11-12,26H,9-10H2,(H,22,23). The molecule has 3 aromatic heterocycles. The number of rotatable bonds is 5. The van der Waals surface area contributed by atoms with Crippen molar-refractivity contribution in [1.29, 1.82) is 0 Å². The second-order valence-corrected chi connectivity index (χ2v) is 5.73. The van der Waals surface area contributed by atoms with Crippen LogP contribution in [0.1, 0.15) is 0 Å². The van der Waals surface area contributed by atoms with Crippen molar-refractivity contribution in [2.45, 2.75) is 6.54 Å². The SMILES string of the molecule is OCCn1nc(-c2ccc(F)cc2)c(-c2ccncc2)c1-c1cnc[nH]1. The molecule has 130 valence electrons. The van der Waals surface area contributed by atoms with Gasteiger partial charge in [-0.1, -0.05) is 0 Å². The predicted octanol–water partition coefficient (Wildman–Crippen LogP) is 3.13. The van der Waals surface area contributed by atoms with Crippen LogP contribution >= 0.6 is 0 Å². The van der Waals surface area contributed by atoms with E-state index in [0.29, 0.717) is 12.2 Å². The summed E-state index contributed by atoms with van der Waals surface area (Å²) in [5.74, 6) is -0.303. The molecule has 7 heteroatoms. The topological polar surface area (TPSA) is 79.6 Å². The molecule has 0 radical (unpaired) electrons. The largest absolute Gasteiger partial charge is 0.394 e. The number of nitrogens with one attached hydrogen (secondary N) is 1. The number of aromatic amines is 1. The molecule has 0 aliphatic rings. The van der Waals surface area contributed by atoms with Crippen LogP contribution in [0.3, 0.4) is 0 Å². The van der Waals surface area contributed by atoms with Gasteiger partial charge in [-0.05, 0) is 42.0 Å². The number of imidazole rings is 1. The third kappa shape index (κ3) is 2.89. The van der Waals surface area contributed by atoms with Crippen molar-refractivity contribution >= 4 is 0 Å². The first-order valence-corrected chi connectivity index (χ1v) is 8.14. The van der Waals surface area contributed by atoms with Crippen molar-refractivity contribution in [1.82, 2.24) is 24.7 Å². The molecule has 4 rings (SSSR count). The van der Waals surface area contributed by atoms with Gasteiger partial charge in [0.1, 0.15) is 11.5 Å². The summed E-state index contributed by atoms with van der Waals surface area (Å²) >= 11 is 0. The molecule has 0 fully saturated rings. The minimum Gasteiger partial charge on any atom is -0.394 e. The highest BCUT2D eigenvalue weighted by molar-refractivity contribution is 5.90. The zero-order chi connectivity index (χ0) is 17.9. The molecule has 4 aromatic rings. The monoisotopic (exact) mass is 349 g/mol. The maximum absolute atomic E-state index is 13.4. The molecule has 6 nitrogen and oxygen atoms in total. The number of halogens is 1. The van der Waals surface area contributed by atoms with Crippen molar-refractivity contribution in [2.75, 3.05) is 6.61 Å². The Bertz CT molecular complexity index is 995. The van der Waals surface area contributed by atoms with Gasteiger partial charge in [0.05, 0.1) is 37.1 Å². The normalized spacial score (nSPS) is 11.0. The van der Waals surface area contributed by atoms with E-state index in [4.69, 9.17) is 5.10 Å². The van der Waals surface area contributed by atoms with E-state index in [1.807, 2.05) is 12.1 Å². The van der Waals surface area contributed by atoms with Gasteiger partial charge >= 0.3 is 0 Å². The van der Waals surface area contributed by atoms with Crippen molar-refractivity contribution in [3.63, 3.8) is 0 Å². The van der Waals surface area contributed by atoms with E-state index in [-0.39, 0.29) is 12.4 Å². The average Bonchev–Trinajstić information content (AvgIpc) is 3.31. The molecule has 3 heterocycles. The average molecular weight is 349 g/mol. The number of aromatic nitrogens is 5. The smallest absolute Gasteiger partial charge is 0.123 e. The van der Waals surface area contributed by atoms with Crippen LogP contribution in [0.2, 0.25) is 0 Å². The summed E-state index contributed by atoms with van der Waals surface area (Å²) in [6, 6.07) is 10.0. The van der Waals surface area contributed by atoms with E-state index >= 15 is 0 Å². The zero-order valence-electron chi connectivity index (χ0n) is 13.8. The van der Waals surface area contributed by atoms with Crippen LogP contribution in [-0.2, 0) is 6.54 Å². The number of hydrogen-bond donors (Lipinski definition) is 2. The van der Waals surface area contributed by atoms with Gasteiger partial charge in [-0.25, -0.2) is 9.37 Å². The molecule has 0 aliphatic carbocycles. The molecule has 0 amide bonds. The number of nitrogens with zero attached hydrogens (tertiary/aromatic N) is 4. The Morgan fingerprint density at radius 1 is 1.00 bits per heavy atom. The van der Waals surface area contributed by atoms with Crippen LogP contribution < -0.4 is 0 Å². The third-order valence-electron chi connectivity index (χ3n) is 4.10. The maximum Gasteiger partial charge on any atom is 0.123 e. The van der Waals surface area contributed by atoms with Gasteiger partial charge < -0.3 is 10.1 Å². The lowest BCUT2D eigenvalue weighted by Crippen LogP contribution is -2.06. The number of benzene rings is 1. The van der Waals surface area contributed by atoms with Crippen LogP contribution in [0.15, 0.2) is 61.3 Å². The lowest BCUT2D eigenvalue weighted by Gasteiger charge is -2.07. The molecular weight excluding hydrogens is 333 g/mol. The van der Waals surface area contributed by atoms with Crippen molar-refractivity contribution in [2.24, 2.45) is 0 Å². The second kappa shape index (κ2) is 6.89. The fraction of sp³-hybridized carbons (Fsp3) is 0.105. The number of pyridine rings is 1. The summed E-state index contributed by atoms with van der Waals surface area (Å²) in [5, 5.41) is 14.2. The fourth-order valence-corrected chi connectivity index (χ4v) is 2.98. The molecular formula is C19H16FN5O. The van der Waals surface area contributed by atoms with E-state index in [0.717, 1.165) is 28.1 Å². The van der Waals surface area contributed by atoms with Gasteiger partial charge in [-0.3, -0.25) is 9.67 Å². The number of hydrogen-bond acceptors (Lipinski definition) is 4. The zero-order valence-corrected chi connectivity index (χ0v) is 13.8. The Morgan fingerprint density at radius 3 is 2.42 bits per heavy atom. The Hall–Kier alpha value is -3.32. The summed E-state index contributed by atoms with van der Waals surface area (Å²) < 4.78 is 15.1. The summed E-state index contributed by atoms with van der Waals surface area (Å²) in [6.45, 7) is 0.273. The molecule has 0 saturated carbocycles. The Kier molecular flexibility index (Phi) is 4.28. The fourth-order valence-electron chi connectivity index (χ4n) is 2.98. The van der Waals surface area contributed by atoms with Gasteiger partial charge in [-0.15, -0.1) is 0 Å². The van der Waals surface area contributed by atoms with Crippen molar-refractivity contribution in [3.05, 3.63) is 67.1 Å². The third-order valence-corrected chi connectivity index (χ3v) is 4.10. The summed E-state index contributed by atoms with van der Waals surface area (Å²) in [4.78, 5) is 11.3. The van der Waals surface area contributed by atoms with Gasteiger partial charge in [0.2, 0.25) is 0 Å². The van der Waals surface area contributed by atoms with E-state index in [9.17, 15) is 9.50 Å². The molecule has 2 N–H and O–H groups in total. The van der Waals surface area contributed by atoms with Crippen LogP contribution in [0.5, 0.6) is 0 Å². The molecule has 0 aliphatic heterocycles. The van der Waals surface area contributed by atoms with Gasteiger partial charge in [-0.2, -0.15) is 5.10 Å². The Labute approximate surface area is 149 Å². The molecule has 0 saturated heterocycles. The van der Waals surface area contributed by atoms with Gasteiger partial charge in [0.15, 0.2) is 0 Å². The van der Waals surface area contributed by atoms with Gasteiger partial charge in [0.25, 0.3) is 0 Å². The van der Waals surface area contributed by atoms with E-state index in [2.05, 4.69) is 15.0 Å². The highest BCUT2D eigenvalue weighted by Crippen LogP contribution is 2.39. The number of aliphatic hydroxyl groups excluding tert-OH is 1. The van der Waals surface area contributed by atoms with Crippen LogP contribution in [0, 0.1) is 5.82 Å². The minimum absolute atomic E-state index is 0.0541. The maximum atomic E-state index is 13.4. The van der Waals surface area contributed by atoms with E-state index < -0.39 is 0 Å². The minimum atomic E-state index is -0.303. The summed E-state index contributed by atoms with van der Waals surface area (Å²) in [6.07, 6.45) is 6.73. The van der Waals surface area contributed by atoms with Gasteiger partial charge in [0, 0.05) is 23.5 Å². The lowest BCUT2D eigenvalue weighted by atomic mass is 9.98. The molecule has 1 aromatic carbocycles. The lowest BCUT2D eigenvalue weighted by molar-refractivity contribution is 0.270. The second-order valence-electron chi connectivity index (χ2n) is 5.73. The van der Waals surface area contributed by atoms with E-state index in [1.54, 1.807) is 41.7 Å². The first-order chi connectivity index (χ1) is 12.8. The van der Waals surface area contributed by atoms with Crippen LogP contribution in [0.25, 0.3) is 33.8 Å². The number of aliphatic hydroxyl groups is 1. The highest BCUT2D eigenvalue weighted by Gasteiger charge is 2.22. The molecule has 0 bridgehead atoms. The van der Waals surface area contributed by atoms with Crippen molar-refractivity contribution < 1.29 is 9.50 Å². The Balaban J connectivity index is 2.02. The molecule has 0 spiro atoms. The predicted molar refractivity (Wildman–Crippen MR) is 95.5 cm³/mol. The Morgan fingerprint density at radius 2 is 1.77 bits per heavy atom. The summed E-state index contributed by atoms with van der Waals surface area (Å²) in [7, 11) is 0. The van der Waals surface area contributed by atoms with Crippen molar-refractivity contribution in [3.8, 4) is 33.8 Å².